The van der Waals surface area contributed by atoms with Crippen molar-refractivity contribution in [1.82, 2.24) is 10.2 Å². The number of carbonyl (C=O) groups is 2. The molecule has 0 saturated heterocycles. The van der Waals surface area contributed by atoms with E-state index >= 15 is 0 Å². The van der Waals surface area contributed by atoms with Crippen molar-refractivity contribution in [2.75, 3.05) is 18.0 Å². The number of benzene rings is 3. The molecule has 3 aromatic carbocycles. The highest BCUT2D eigenvalue weighted by Crippen LogP contribution is 2.26. The summed E-state index contributed by atoms with van der Waals surface area (Å²) in [5.41, 5.74) is 0.222. The van der Waals surface area contributed by atoms with Crippen LogP contribution in [0.25, 0.3) is 0 Å². The Kier molecular flexibility index (Phi) is 10.2. The second kappa shape index (κ2) is 13.8. The third-order valence-corrected chi connectivity index (χ3v) is 9.25. The van der Waals surface area contributed by atoms with Crippen LogP contribution in [-0.4, -0.2) is 50.9 Å². The molecule has 42 heavy (non-hydrogen) atoms. The van der Waals surface area contributed by atoms with Gasteiger partial charge in [-0.15, -0.1) is 0 Å². The van der Waals surface area contributed by atoms with Crippen LogP contribution in [0.15, 0.2) is 77.7 Å². The van der Waals surface area contributed by atoms with Crippen LogP contribution >= 0.6 is 0 Å². The van der Waals surface area contributed by atoms with Gasteiger partial charge in [-0.3, -0.25) is 13.9 Å². The molecule has 0 aliphatic heterocycles. The van der Waals surface area contributed by atoms with Gasteiger partial charge in [-0.1, -0.05) is 37.5 Å². The summed E-state index contributed by atoms with van der Waals surface area (Å²) < 4.78 is 62.1. The minimum atomic E-state index is -4.34. The fourth-order valence-corrected chi connectivity index (χ4v) is 6.39. The summed E-state index contributed by atoms with van der Waals surface area (Å²) in [4.78, 5) is 28.3. The third kappa shape index (κ3) is 7.44. The van der Waals surface area contributed by atoms with Gasteiger partial charge in [0.05, 0.1) is 17.7 Å². The average molecular weight is 600 g/mol. The summed E-state index contributed by atoms with van der Waals surface area (Å²) in [5, 5.41) is 3.00. The zero-order valence-corrected chi connectivity index (χ0v) is 24.4. The number of carbonyl (C=O) groups excluding carboxylic acids is 2. The number of hydrogen-bond acceptors (Lipinski definition) is 5. The summed E-state index contributed by atoms with van der Waals surface area (Å²) in [6.07, 6.45) is 4.75. The van der Waals surface area contributed by atoms with Crippen LogP contribution in [0.2, 0.25) is 0 Å². The van der Waals surface area contributed by atoms with Crippen LogP contribution in [0.1, 0.15) is 44.6 Å². The molecule has 2 amide bonds. The van der Waals surface area contributed by atoms with E-state index in [2.05, 4.69) is 5.32 Å². The number of amides is 2. The minimum absolute atomic E-state index is 0.0229. The molecule has 0 aromatic heterocycles. The number of methoxy groups -OCH3 is 1. The van der Waals surface area contributed by atoms with Crippen molar-refractivity contribution in [3.05, 3.63) is 90.0 Å². The van der Waals surface area contributed by atoms with Crippen molar-refractivity contribution in [1.29, 1.82) is 0 Å². The van der Waals surface area contributed by atoms with E-state index in [9.17, 15) is 26.8 Å². The molecule has 1 aliphatic rings. The summed E-state index contributed by atoms with van der Waals surface area (Å²) in [5.74, 6) is -1.84. The van der Waals surface area contributed by atoms with E-state index < -0.39 is 46.1 Å². The molecule has 1 saturated carbocycles. The molecular formula is C31H35F2N3O5S. The number of sulfonamides is 1. The molecule has 0 bridgehead atoms. The lowest BCUT2D eigenvalue weighted by atomic mass is 9.95. The first-order valence-corrected chi connectivity index (χ1v) is 15.3. The van der Waals surface area contributed by atoms with Crippen molar-refractivity contribution >= 4 is 27.5 Å². The lowest BCUT2D eigenvalue weighted by Gasteiger charge is -2.33. The van der Waals surface area contributed by atoms with Gasteiger partial charge in [0, 0.05) is 18.2 Å². The van der Waals surface area contributed by atoms with E-state index in [1.807, 2.05) is 0 Å². The van der Waals surface area contributed by atoms with Gasteiger partial charge in [0.15, 0.2) is 0 Å². The number of halogens is 2. The summed E-state index contributed by atoms with van der Waals surface area (Å²) >= 11 is 0. The van der Waals surface area contributed by atoms with Crippen LogP contribution in [0.3, 0.4) is 0 Å². The molecule has 224 valence electrons. The number of nitrogens with one attached hydrogen (secondary N) is 1. The van der Waals surface area contributed by atoms with Gasteiger partial charge < -0.3 is 15.0 Å². The summed E-state index contributed by atoms with van der Waals surface area (Å²) in [7, 11) is -2.89. The van der Waals surface area contributed by atoms with E-state index in [1.54, 1.807) is 6.07 Å². The topological polar surface area (TPSA) is 96.0 Å². The molecule has 1 fully saturated rings. The van der Waals surface area contributed by atoms with Gasteiger partial charge in [0.1, 0.15) is 30.0 Å². The number of anilines is 1. The highest BCUT2D eigenvalue weighted by molar-refractivity contribution is 7.92. The zero-order valence-electron chi connectivity index (χ0n) is 23.6. The summed E-state index contributed by atoms with van der Waals surface area (Å²) in [6.45, 7) is 0.567. The van der Waals surface area contributed by atoms with Gasteiger partial charge in [-0.2, -0.15) is 0 Å². The van der Waals surface area contributed by atoms with E-state index in [4.69, 9.17) is 4.74 Å². The molecule has 0 radical (unpaired) electrons. The molecule has 11 heteroatoms. The van der Waals surface area contributed by atoms with E-state index in [-0.39, 0.29) is 28.7 Å². The first-order valence-electron chi connectivity index (χ1n) is 13.9. The van der Waals surface area contributed by atoms with Crippen LogP contribution in [0.4, 0.5) is 14.5 Å². The van der Waals surface area contributed by atoms with Crippen LogP contribution in [-0.2, 0) is 26.2 Å². The van der Waals surface area contributed by atoms with Gasteiger partial charge in [0.2, 0.25) is 11.8 Å². The first kappa shape index (κ1) is 31.0. The highest BCUT2D eigenvalue weighted by atomic mass is 32.2. The fourth-order valence-electron chi connectivity index (χ4n) is 4.97. The molecule has 0 spiro atoms. The molecule has 1 atom stereocenters. The predicted octanol–water partition coefficient (Wildman–Crippen LogP) is 5.03. The van der Waals surface area contributed by atoms with Crippen molar-refractivity contribution in [2.24, 2.45) is 0 Å². The molecule has 0 heterocycles. The van der Waals surface area contributed by atoms with Crippen molar-refractivity contribution in [3.8, 4) is 5.75 Å². The SMILES string of the molecule is COc1ccc(S(=O)(=O)N(CC(=O)N(Cc2ccccc2F)[C@@H](C)C(=O)NC2CCCCC2)c2ccc(F)cc2)cc1. The molecule has 1 N–H and O–H groups in total. The maximum Gasteiger partial charge on any atom is 0.264 e. The fraction of sp³-hybridized carbons (Fsp3) is 0.355. The van der Waals surface area contributed by atoms with Crippen LogP contribution in [0, 0.1) is 11.6 Å². The van der Waals surface area contributed by atoms with Gasteiger partial charge in [-0.05, 0) is 74.4 Å². The molecule has 4 rings (SSSR count). The van der Waals surface area contributed by atoms with E-state index in [0.717, 1.165) is 48.5 Å². The molecule has 8 nitrogen and oxygen atoms in total. The molecule has 3 aromatic rings. The van der Waals surface area contributed by atoms with Gasteiger partial charge >= 0.3 is 0 Å². The Morgan fingerprint density at radius 2 is 1.60 bits per heavy atom. The monoisotopic (exact) mass is 599 g/mol. The van der Waals surface area contributed by atoms with Gasteiger partial charge in [0.25, 0.3) is 10.0 Å². The van der Waals surface area contributed by atoms with Crippen LogP contribution < -0.4 is 14.4 Å². The Hall–Kier alpha value is -3.99. The normalized spacial score (nSPS) is 14.6. The Bertz CT molecular complexity index is 1480. The number of rotatable bonds is 11. The molecule has 0 unspecified atom stereocenters. The molecule has 1 aliphatic carbocycles. The summed E-state index contributed by atoms with van der Waals surface area (Å²) in [6, 6.07) is 15.2. The Balaban J connectivity index is 1.68. The minimum Gasteiger partial charge on any atom is -0.497 e. The lowest BCUT2D eigenvalue weighted by Crippen LogP contribution is -2.53. The quantitative estimate of drug-likeness (QED) is 0.334. The molecular weight excluding hydrogens is 564 g/mol. The smallest absolute Gasteiger partial charge is 0.264 e. The second-order valence-corrected chi connectivity index (χ2v) is 12.2. The van der Waals surface area contributed by atoms with Gasteiger partial charge in [-0.25, -0.2) is 17.2 Å². The third-order valence-electron chi connectivity index (χ3n) is 7.46. The van der Waals surface area contributed by atoms with Crippen molar-refractivity contribution in [2.45, 2.75) is 62.6 Å². The Labute approximate surface area is 245 Å². The predicted molar refractivity (Wildman–Crippen MR) is 155 cm³/mol. The van der Waals surface area contributed by atoms with Crippen molar-refractivity contribution in [3.63, 3.8) is 0 Å². The number of ether oxygens (including phenoxy) is 1. The van der Waals surface area contributed by atoms with Crippen molar-refractivity contribution < 1.29 is 31.5 Å². The van der Waals surface area contributed by atoms with Crippen LogP contribution in [0.5, 0.6) is 5.75 Å². The second-order valence-electron chi connectivity index (χ2n) is 10.3. The largest absolute Gasteiger partial charge is 0.497 e. The first-order chi connectivity index (χ1) is 20.1. The standard InChI is InChI=1S/C31H35F2N3O5S/c1-22(31(38)34-25-9-4-3-5-10-25)35(20-23-8-6-7-11-29(23)33)30(37)21-36(26-14-12-24(32)13-15-26)42(39,40)28-18-16-27(41-2)17-19-28/h6-8,11-19,22,25H,3-5,9-10,20-21H2,1-2H3,(H,34,38)/t22-/m0/s1. The van der Waals surface area contributed by atoms with E-state index in [1.165, 1.54) is 73.5 Å². The number of hydrogen-bond donors (Lipinski definition) is 1. The number of nitrogens with zero attached hydrogens (tertiary/aromatic N) is 2. The Morgan fingerprint density at radius 3 is 2.21 bits per heavy atom. The zero-order chi connectivity index (χ0) is 30.3. The van der Waals surface area contributed by atoms with E-state index in [0.29, 0.717) is 5.75 Å². The highest BCUT2D eigenvalue weighted by Gasteiger charge is 2.33. The lowest BCUT2D eigenvalue weighted by molar-refractivity contribution is -0.139. The maximum atomic E-state index is 14.7. The maximum absolute atomic E-state index is 14.7. The average Bonchev–Trinajstić information content (AvgIpc) is 3.00. The Morgan fingerprint density at radius 1 is 0.952 bits per heavy atom.